The molecule has 1 saturated carbocycles. The molecule has 0 amide bonds. The lowest BCUT2D eigenvalue weighted by molar-refractivity contribution is 0.203. The van der Waals surface area contributed by atoms with Gasteiger partial charge in [-0.2, -0.15) is 0 Å². The topological polar surface area (TPSA) is 59.6 Å². The quantitative estimate of drug-likeness (QED) is 0.479. The van der Waals surface area contributed by atoms with Crippen LogP contribution in [0.3, 0.4) is 0 Å². The van der Waals surface area contributed by atoms with Gasteiger partial charge in [-0.25, -0.2) is 0 Å². The van der Waals surface area contributed by atoms with E-state index in [9.17, 15) is 0 Å². The Kier molecular flexibility index (Phi) is 5.73. The van der Waals surface area contributed by atoms with Gasteiger partial charge in [0.05, 0.1) is 13.2 Å². The van der Waals surface area contributed by atoms with Crippen molar-refractivity contribution in [3.63, 3.8) is 0 Å². The Bertz CT molecular complexity index is 516. The molecule has 1 aliphatic rings. The first-order chi connectivity index (χ1) is 10.1. The Morgan fingerprint density at radius 2 is 2.19 bits per heavy atom. The first kappa shape index (κ1) is 16.4. The summed E-state index contributed by atoms with van der Waals surface area (Å²) in [6.45, 7) is 1.89. The van der Waals surface area contributed by atoms with Crippen LogP contribution >= 0.6 is 23.2 Å². The van der Waals surface area contributed by atoms with Crippen LogP contribution in [0.15, 0.2) is 23.2 Å². The summed E-state index contributed by atoms with van der Waals surface area (Å²) in [6.07, 6.45) is 3.33. The van der Waals surface area contributed by atoms with Crippen molar-refractivity contribution in [1.82, 2.24) is 5.32 Å². The lowest BCUT2D eigenvalue weighted by Gasteiger charge is -2.42. The second-order valence-electron chi connectivity index (χ2n) is 5.38. The number of nitrogens with two attached hydrogens (primary N) is 1. The Morgan fingerprint density at radius 3 is 2.76 bits per heavy atom. The molecule has 0 atom stereocenters. The molecule has 0 bridgehead atoms. The maximum atomic E-state index is 6.35. The first-order valence-corrected chi connectivity index (χ1v) is 7.81. The predicted octanol–water partition coefficient (Wildman–Crippen LogP) is 2.97. The molecule has 21 heavy (non-hydrogen) atoms. The van der Waals surface area contributed by atoms with E-state index in [0.717, 1.165) is 18.4 Å². The summed E-state index contributed by atoms with van der Waals surface area (Å²) >= 11 is 12.3. The van der Waals surface area contributed by atoms with Gasteiger partial charge in [0, 0.05) is 29.1 Å². The molecule has 0 aliphatic heterocycles. The van der Waals surface area contributed by atoms with Gasteiger partial charge in [0.1, 0.15) is 0 Å². The molecule has 0 radical (unpaired) electrons. The average molecular weight is 330 g/mol. The molecule has 0 spiro atoms. The lowest BCUT2D eigenvalue weighted by atomic mass is 9.64. The fraction of sp³-hybridized carbons (Fsp3) is 0.533. The molecule has 3 N–H and O–H groups in total. The van der Waals surface area contributed by atoms with Crippen molar-refractivity contribution in [3.8, 4) is 0 Å². The molecule has 1 aliphatic carbocycles. The number of ether oxygens (including phenoxy) is 1. The van der Waals surface area contributed by atoms with Gasteiger partial charge in [0.2, 0.25) is 0 Å². The highest BCUT2D eigenvalue weighted by Gasteiger charge is 2.40. The van der Waals surface area contributed by atoms with Gasteiger partial charge in [-0.1, -0.05) is 35.7 Å². The molecule has 4 nitrogen and oxygen atoms in total. The maximum absolute atomic E-state index is 6.35. The minimum absolute atomic E-state index is 0.00473. The van der Waals surface area contributed by atoms with Crippen LogP contribution in [0, 0.1) is 0 Å². The fourth-order valence-corrected chi connectivity index (χ4v) is 3.22. The molecule has 0 saturated heterocycles. The highest BCUT2D eigenvalue weighted by Crippen LogP contribution is 2.46. The van der Waals surface area contributed by atoms with Crippen molar-refractivity contribution < 1.29 is 4.74 Å². The number of nitrogens with one attached hydrogen (secondary N) is 1. The fourth-order valence-electron chi connectivity index (χ4n) is 2.61. The van der Waals surface area contributed by atoms with E-state index in [2.05, 4.69) is 10.3 Å². The third-order valence-electron chi connectivity index (χ3n) is 3.98. The van der Waals surface area contributed by atoms with Crippen LogP contribution in [-0.4, -0.2) is 32.8 Å². The Balaban J connectivity index is 2.06. The van der Waals surface area contributed by atoms with Crippen LogP contribution in [0.1, 0.15) is 24.8 Å². The number of aliphatic imine (C=N–C) groups is 1. The minimum Gasteiger partial charge on any atom is -0.383 e. The molecule has 0 aromatic heterocycles. The summed E-state index contributed by atoms with van der Waals surface area (Å²) in [5.41, 5.74) is 6.98. The lowest BCUT2D eigenvalue weighted by Crippen LogP contribution is -2.40. The molecule has 1 aromatic rings. The van der Waals surface area contributed by atoms with Crippen molar-refractivity contribution >= 4 is 29.2 Å². The van der Waals surface area contributed by atoms with E-state index >= 15 is 0 Å². The predicted molar refractivity (Wildman–Crippen MR) is 88.4 cm³/mol. The van der Waals surface area contributed by atoms with E-state index < -0.39 is 0 Å². The summed E-state index contributed by atoms with van der Waals surface area (Å²) in [4.78, 5) is 4.47. The molecular formula is C15H21Cl2N3O. The van der Waals surface area contributed by atoms with Crippen molar-refractivity contribution in [3.05, 3.63) is 33.8 Å². The van der Waals surface area contributed by atoms with Crippen LogP contribution in [-0.2, 0) is 10.2 Å². The summed E-state index contributed by atoms with van der Waals surface area (Å²) in [6, 6.07) is 5.68. The first-order valence-electron chi connectivity index (χ1n) is 7.06. The zero-order valence-corrected chi connectivity index (χ0v) is 13.7. The van der Waals surface area contributed by atoms with E-state index in [1.165, 1.54) is 6.42 Å². The van der Waals surface area contributed by atoms with Gasteiger partial charge in [-0.15, -0.1) is 0 Å². The van der Waals surface area contributed by atoms with Crippen LogP contribution in [0.4, 0.5) is 0 Å². The molecule has 6 heteroatoms. The van der Waals surface area contributed by atoms with E-state index in [1.54, 1.807) is 13.2 Å². The molecule has 1 fully saturated rings. The third kappa shape index (κ3) is 4.02. The molecule has 0 heterocycles. The van der Waals surface area contributed by atoms with Gasteiger partial charge in [0.25, 0.3) is 0 Å². The van der Waals surface area contributed by atoms with E-state index in [1.807, 2.05) is 12.1 Å². The third-order valence-corrected chi connectivity index (χ3v) is 4.53. The number of halogens is 2. The molecule has 116 valence electrons. The summed E-state index contributed by atoms with van der Waals surface area (Å²) in [5, 5.41) is 4.39. The number of guanidine groups is 1. The standard InChI is InChI=1S/C15H21Cl2N3O/c1-21-8-7-19-14(18)20-10-15(5-2-6-15)12-4-3-11(16)9-13(12)17/h3-4,9H,2,5-8,10H2,1H3,(H3,18,19,20). The number of benzene rings is 1. The number of hydrogen-bond donors (Lipinski definition) is 2. The molecular weight excluding hydrogens is 309 g/mol. The normalized spacial score (nSPS) is 17.4. The number of methoxy groups -OCH3 is 1. The van der Waals surface area contributed by atoms with Crippen LogP contribution in [0.5, 0.6) is 0 Å². The minimum atomic E-state index is -0.00473. The van der Waals surface area contributed by atoms with Gasteiger partial charge < -0.3 is 15.8 Å². The van der Waals surface area contributed by atoms with Crippen LogP contribution in [0.25, 0.3) is 0 Å². The monoisotopic (exact) mass is 329 g/mol. The number of hydrogen-bond acceptors (Lipinski definition) is 2. The van der Waals surface area contributed by atoms with E-state index in [4.69, 9.17) is 33.7 Å². The van der Waals surface area contributed by atoms with Crippen LogP contribution in [0.2, 0.25) is 10.0 Å². The second kappa shape index (κ2) is 7.34. The summed E-state index contributed by atoms with van der Waals surface area (Å²) < 4.78 is 4.96. The van der Waals surface area contributed by atoms with Crippen molar-refractivity contribution in [2.75, 3.05) is 26.8 Å². The van der Waals surface area contributed by atoms with Crippen molar-refractivity contribution in [2.45, 2.75) is 24.7 Å². The van der Waals surface area contributed by atoms with Crippen LogP contribution < -0.4 is 11.1 Å². The Labute approximate surface area is 135 Å². The zero-order valence-electron chi connectivity index (χ0n) is 12.2. The maximum Gasteiger partial charge on any atom is 0.188 e. The zero-order chi connectivity index (χ0) is 15.3. The SMILES string of the molecule is COCCNC(N)=NCC1(c2ccc(Cl)cc2Cl)CCC1. The van der Waals surface area contributed by atoms with Gasteiger partial charge >= 0.3 is 0 Å². The molecule has 2 rings (SSSR count). The highest BCUT2D eigenvalue weighted by molar-refractivity contribution is 6.35. The average Bonchev–Trinajstić information content (AvgIpc) is 2.39. The highest BCUT2D eigenvalue weighted by atomic mass is 35.5. The van der Waals surface area contributed by atoms with Gasteiger partial charge in [0.15, 0.2) is 5.96 Å². The summed E-state index contributed by atoms with van der Waals surface area (Å²) in [7, 11) is 1.65. The largest absolute Gasteiger partial charge is 0.383 e. The Hall–Kier alpha value is -0.970. The van der Waals surface area contributed by atoms with Gasteiger partial charge in [-0.3, -0.25) is 4.99 Å². The van der Waals surface area contributed by atoms with Crippen molar-refractivity contribution in [2.24, 2.45) is 10.7 Å². The number of rotatable bonds is 6. The van der Waals surface area contributed by atoms with Gasteiger partial charge in [-0.05, 0) is 30.5 Å². The molecule has 1 aromatic carbocycles. The van der Waals surface area contributed by atoms with Crippen molar-refractivity contribution in [1.29, 1.82) is 0 Å². The second-order valence-corrected chi connectivity index (χ2v) is 6.22. The molecule has 0 unspecified atom stereocenters. The number of nitrogens with zero attached hydrogens (tertiary/aromatic N) is 1. The van der Waals surface area contributed by atoms with E-state index in [0.29, 0.717) is 35.7 Å². The van der Waals surface area contributed by atoms with E-state index in [-0.39, 0.29) is 5.41 Å². The summed E-state index contributed by atoms with van der Waals surface area (Å²) in [5.74, 6) is 0.448. The smallest absolute Gasteiger partial charge is 0.188 e. The Morgan fingerprint density at radius 1 is 1.43 bits per heavy atom.